The lowest BCUT2D eigenvalue weighted by molar-refractivity contribution is -0.139. The van der Waals surface area contributed by atoms with Crippen molar-refractivity contribution in [3.8, 4) is 5.75 Å². The van der Waals surface area contributed by atoms with Crippen LogP contribution in [0.25, 0.3) is 0 Å². The van der Waals surface area contributed by atoms with Crippen LogP contribution >= 0.6 is 23.2 Å². The molecular formula is C19H20Cl2FNO5. The summed E-state index contributed by atoms with van der Waals surface area (Å²) in [6.45, 7) is 1.80. The van der Waals surface area contributed by atoms with E-state index in [9.17, 15) is 18.8 Å². The first kappa shape index (κ1) is 22.2. The van der Waals surface area contributed by atoms with Crippen LogP contribution in [0.4, 0.5) is 10.1 Å². The molecule has 0 saturated heterocycles. The fourth-order valence-corrected chi connectivity index (χ4v) is 3.33. The maximum atomic E-state index is 14.6. The zero-order chi connectivity index (χ0) is 20.8. The van der Waals surface area contributed by atoms with E-state index in [0.29, 0.717) is 24.2 Å². The summed E-state index contributed by atoms with van der Waals surface area (Å²) in [5.41, 5.74) is -0.0264. The molecule has 0 radical (unpaired) electrons. The van der Waals surface area contributed by atoms with E-state index >= 15 is 0 Å². The highest BCUT2D eigenvalue weighted by Gasteiger charge is 2.33. The monoisotopic (exact) mass is 431 g/mol. The van der Waals surface area contributed by atoms with Crippen LogP contribution in [0.5, 0.6) is 5.75 Å². The van der Waals surface area contributed by atoms with Crippen molar-refractivity contribution in [3.63, 3.8) is 0 Å². The molecule has 1 aliphatic carbocycles. The largest absolute Gasteiger partial charge is 0.495 e. The highest BCUT2D eigenvalue weighted by molar-refractivity contribution is 6.35. The lowest BCUT2D eigenvalue weighted by Gasteiger charge is -2.26. The molecule has 1 aromatic rings. The molecule has 152 valence electrons. The van der Waals surface area contributed by atoms with Gasteiger partial charge in [-0.3, -0.25) is 9.59 Å². The number of nitrogens with zero attached hydrogens (tertiary/aromatic N) is 1. The van der Waals surface area contributed by atoms with Crippen molar-refractivity contribution < 1.29 is 28.2 Å². The standard InChI is InChI=1S/C19H20Cl2FNO5/c1-3-28-19(26)12-7-5-4-6-11(12)18(25)23(17(24)10-20)15-9-16(27-2)13(21)8-14(15)22/h8-9H,3-7,10H2,1-2H3. The molecule has 6 nitrogen and oxygen atoms in total. The van der Waals surface area contributed by atoms with Gasteiger partial charge < -0.3 is 9.47 Å². The average Bonchev–Trinajstić information content (AvgIpc) is 2.69. The molecule has 1 aliphatic rings. The van der Waals surface area contributed by atoms with Gasteiger partial charge in [-0.2, -0.15) is 0 Å². The number of carbonyl (C=O) groups is 3. The molecule has 28 heavy (non-hydrogen) atoms. The van der Waals surface area contributed by atoms with Gasteiger partial charge in [0.1, 0.15) is 17.4 Å². The highest BCUT2D eigenvalue weighted by atomic mass is 35.5. The Balaban J connectivity index is 2.58. The predicted octanol–water partition coefficient (Wildman–Crippen LogP) is 4.02. The zero-order valence-electron chi connectivity index (χ0n) is 15.5. The van der Waals surface area contributed by atoms with Crippen LogP contribution in [0.15, 0.2) is 23.3 Å². The number of methoxy groups -OCH3 is 1. The third-order valence-corrected chi connectivity index (χ3v) is 4.80. The summed E-state index contributed by atoms with van der Waals surface area (Å²) in [6.07, 6.45) is 1.97. The third-order valence-electron chi connectivity index (χ3n) is 4.28. The Morgan fingerprint density at radius 3 is 2.39 bits per heavy atom. The normalized spacial score (nSPS) is 13.9. The van der Waals surface area contributed by atoms with Gasteiger partial charge in [-0.25, -0.2) is 14.1 Å². The molecule has 1 aromatic carbocycles. The highest BCUT2D eigenvalue weighted by Crippen LogP contribution is 2.35. The van der Waals surface area contributed by atoms with E-state index in [2.05, 4.69) is 0 Å². The quantitative estimate of drug-likeness (QED) is 0.502. The number of imide groups is 1. The van der Waals surface area contributed by atoms with Gasteiger partial charge in [0, 0.05) is 17.2 Å². The van der Waals surface area contributed by atoms with Gasteiger partial charge in [0.2, 0.25) is 5.91 Å². The number of hydrogen-bond acceptors (Lipinski definition) is 5. The van der Waals surface area contributed by atoms with E-state index in [0.717, 1.165) is 12.1 Å². The maximum Gasteiger partial charge on any atom is 0.334 e. The van der Waals surface area contributed by atoms with Gasteiger partial charge in [-0.05, 0) is 38.7 Å². The fourth-order valence-electron chi connectivity index (χ4n) is 2.98. The molecule has 2 rings (SSSR count). The lowest BCUT2D eigenvalue weighted by Crippen LogP contribution is -2.40. The molecule has 0 aromatic heterocycles. The molecule has 0 spiro atoms. The van der Waals surface area contributed by atoms with Crippen molar-refractivity contribution in [2.45, 2.75) is 32.6 Å². The topological polar surface area (TPSA) is 72.9 Å². The lowest BCUT2D eigenvalue weighted by atomic mass is 9.90. The number of anilines is 1. The zero-order valence-corrected chi connectivity index (χ0v) is 17.0. The Morgan fingerprint density at radius 2 is 1.82 bits per heavy atom. The van der Waals surface area contributed by atoms with E-state index in [1.165, 1.54) is 7.11 Å². The summed E-state index contributed by atoms with van der Waals surface area (Å²) < 4.78 is 24.7. The molecule has 0 fully saturated rings. The van der Waals surface area contributed by atoms with Crippen LogP contribution in [-0.4, -0.2) is 37.4 Å². The van der Waals surface area contributed by atoms with E-state index in [4.69, 9.17) is 32.7 Å². The summed E-state index contributed by atoms with van der Waals surface area (Å²) in [7, 11) is 1.32. The number of benzene rings is 1. The first-order valence-corrected chi connectivity index (χ1v) is 9.62. The minimum absolute atomic E-state index is 0.0152. The van der Waals surface area contributed by atoms with Crippen LogP contribution in [-0.2, 0) is 19.1 Å². The first-order valence-electron chi connectivity index (χ1n) is 8.71. The molecule has 0 N–H and O–H groups in total. The van der Waals surface area contributed by atoms with Crippen LogP contribution in [0.3, 0.4) is 0 Å². The van der Waals surface area contributed by atoms with Crippen molar-refractivity contribution in [3.05, 3.63) is 34.1 Å². The molecule has 0 atom stereocenters. The number of hydrogen-bond donors (Lipinski definition) is 0. The van der Waals surface area contributed by atoms with Crippen LogP contribution in [0.2, 0.25) is 5.02 Å². The molecule has 0 bridgehead atoms. The number of esters is 1. The van der Waals surface area contributed by atoms with Gasteiger partial charge >= 0.3 is 5.97 Å². The molecule has 0 heterocycles. The molecular weight excluding hydrogens is 412 g/mol. The Morgan fingerprint density at radius 1 is 1.18 bits per heavy atom. The number of rotatable bonds is 6. The van der Waals surface area contributed by atoms with E-state index in [-0.39, 0.29) is 40.6 Å². The summed E-state index contributed by atoms with van der Waals surface area (Å²) in [4.78, 5) is 38.5. The molecule has 0 unspecified atom stereocenters. The van der Waals surface area contributed by atoms with Crippen LogP contribution in [0, 0.1) is 5.82 Å². The van der Waals surface area contributed by atoms with Gasteiger partial charge in [0.15, 0.2) is 0 Å². The van der Waals surface area contributed by atoms with Gasteiger partial charge in [0.25, 0.3) is 5.91 Å². The minimum Gasteiger partial charge on any atom is -0.495 e. The van der Waals surface area contributed by atoms with E-state index in [1.807, 2.05) is 0 Å². The van der Waals surface area contributed by atoms with Crippen LogP contribution in [0.1, 0.15) is 32.6 Å². The predicted molar refractivity (Wildman–Crippen MR) is 103 cm³/mol. The Bertz CT molecular complexity index is 825. The third kappa shape index (κ3) is 4.64. The summed E-state index contributed by atoms with van der Waals surface area (Å²) in [6, 6.07) is 2.09. The van der Waals surface area contributed by atoms with E-state index in [1.54, 1.807) is 6.92 Å². The van der Waals surface area contributed by atoms with E-state index < -0.39 is 29.5 Å². The average molecular weight is 432 g/mol. The summed E-state index contributed by atoms with van der Waals surface area (Å²) in [5.74, 6) is -3.63. The Hall–Kier alpha value is -2.12. The van der Waals surface area contributed by atoms with Crippen molar-refractivity contribution >= 4 is 46.7 Å². The molecule has 0 saturated carbocycles. The number of halogens is 3. The van der Waals surface area contributed by atoms with Gasteiger partial charge in [0.05, 0.1) is 24.4 Å². The second kappa shape index (κ2) is 9.89. The Kier molecular flexibility index (Phi) is 7.83. The summed E-state index contributed by atoms with van der Waals surface area (Å²) in [5, 5.41) is -0.0152. The molecule has 2 amide bonds. The summed E-state index contributed by atoms with van der Waals surface area (Å²) >= 11 is 11.6. The fraction of sp³-hybridized carbons (Fsp3) is 0.421. The van der Waals surface area contributed by atoms with Crippen molar-refractivity contribution in [2.75, 3.05) is 24.5 Å². The van der Waals surface area contributed by atoms with Gasteiger partial charge in [-0.1, -0.05) is 11.6 Å². The van der Waals surface area contributed by atoms with Crippen molar-refractivity contribution in [2.24, 2.45) is 0 Å². The molecule has 0 aliphatic heterocycles. The molecule has 9 heteroatoms. The van der Waals surface area contributed by atoms with Crippen molar-refractivity contribution in [1.82, 2.24) is 0 Å². The number of carbonyl (C=O) groups excluding carboxylic acids is 3. The second-order valence-corrected chi connectivity index (χ2v) is 6.67. The van der Waals surface area contributed by atoms with Crippen LogP contribution < -0.4 is 9.64 Å². The van der Waals surface area contributed by atoms with Crippen molar-refractivity contribution in [1.29, 1.82) is 0 Å². The number of amides is 2. The number of alkyl halides is 1. The van der Waals surface area contributed by atoms with Gasteiger partial charge in [-0.15, -0.1) is 11.6 Å². The minimum atomic E-state index is -0.897. The SMILES string of the molecule is CCOC(=O)C1=C(C(=O)N(C(=O)CCl)c2cc(OC)c(Cl)cc2F)CCCC1. The Labute approximate surface area is 172 Å². The maximum absolute atomic E-state index is 14.6. The first-order chi connectivity index (χ1) is 13.3. The number of ether oxygens (including phenoxy) is 2. The second-order valence-electron chi connectivity index (χ2n) is 5.99. The smallest absolute Gasteiger partial charge is 0.334 e.